The number of hydrogen-bond donors (Lipinski definition) is 0. The van der Waals surface area contributed by atoms with E-state index >= 15 is 0 Å². The zero-order valence-electron chi connectivity index (χ0n) is 10.5. The Morgan fingerprint density at radius 2 is 1.62 bits per heavy atom. The summed E-state index contributed by atoms with van der Waals surface area (Å²) in [5.74, 6) is -1.10. The van der Waals surface area contributed by atoms with Crippen molar-refractivity contribution in [2.45, 2.75) is 4.90 Å². The smallest absolute Gasteiger partial charge is 0.185 e. The first-order valence-corrected chi connectivity index (χ1v) is 8.96. The van der Waals surface area contributed by atoms with Crippen molar-refractivity contribution in [1.29, 1.82) is 0 Å². The number of benzene rings is 2. The maximum absolute atomic E-state index is 12.2. The predicted octanol–water partition coefficient (Wildman–Crippen LogP) is 4.41. The summed E-state index contributed by atoms with van der Waals surface area (Å²) in [6.07, 6.45) is 0. The summed E-state index contributed by atoms with van der Waals surface area (Å²) in [4.78, 5) is 12.0. The second-order valence-corrected chi connectivity index (χ2v) is 7.98. The maximum atomic E-state index is 12.2. The van der Waals surface area contributed by atoms with E-state index in [2.05, 4.69) is 15.9 Å². The Labute approximate surface area is 140 Å². The van der Waals surface area contributed by atoms with Gasteiger partial charge in [-0.25, -0.2) is 8.42 Å². The summed E-state index contributed by atoms with van der Waals surface area (Å²) in [5, 5.41) is 0.392. The average Bonchev–Trinajstić information content (AvgIpc) is 2.42. The minimum atomic E-state index is -3.76. The minimum Gasteiger partial charge on any atom is -0.293 e. The van der Waals surface area contributed by atoms with E-state index in [1.165, 1.54) is 18.2 Å². The SMILES string of the molecule is O=C(CS(=O)(=O)c1ccc(Cl)c(Cl)c1)c1ccc(Br)cc1. The van der Waals surface area contributed by atoms with Crippen LogP contribution in [-0.4, -0.2) is 20.0 Å². The molecule has 2 rings (SSSR count). The first-order chi connectivity index (χ1) is 9.79. The van der Waals surface area contributed by atoms with Crippen molar-refractivity contribution in [1.82, 2.24) is 0 Å². The number of carbonyl (C=O) groups excluding carboxylic acids is 1. The Balaban J connectivity index is 2.26. The molecule has 0 aliphatic carbocycles. The van der Waals surface area contributed by atoms with Crippen LogP contribution in [0, 0.1) is 0 Å². The molecule has 0 saturated carbocycles. The Hall–Kier alpha value is -0.880. The standard InChI is InChI=1S/C14H9BrCl2O3S/c15-10-3-1-9(2-4-10)14(18)8-21(19,20)11-5-6-12(16)13(17)7-11/h1-7H,8H2. The largest absolute Gasteiger partial charge is 0.293 e. The number of sulfone groups is 1. The Morgan fingerprint density at radius 3 is 2.19 bits per heavy atom. The van der Waals surface area contributed by atoms with Gasteiger partial charge in [0.15, 0.2) is 15.6 Å². The molecule has 0 radical (unpaired) electrons. The number of carbonyl (C=O) groups is 1. The monoisotopic (exact) mass is 406 g/mol. The van der Waals surface area contributed by atoms with E-state index in [-0.39, 0.29) is 14.9 Å². The van der Waals surface area contributed by atoms with Gasteiger partial charge in [0, 0.05) is 10.0 Å². The van der Waals surface area contributed by atoms with Crippen molar-refractivity contribution in [3.63, 3.8) is 0 Å². The lowest BCUT2D eigenvalue weighted by atomic mass is 10.2. The first kappa shape index (κ1) is 16.5. The van der Waals surface area contributed by atoms with Gasteiger partial charge in [-0.05, 0) is 30.3 Å². The molecule has 21 heavy (non-hydrogen) atoms. The van der Waals surface area contributed by atoms with Gasteiger partial charge in [0.05, 0.1) is 14.9 Å². The molecule has 0 amide bonds. The second kappa shape index (κ2) is 6.48. The third-order valence-electron chi connectivity index (χ3n) is 2.74. The number of rotatable bonds is 4. The van der Waals surface area contributed by atoms with Crippen LogP contribution in [0.5, 0.6) is 0 Å². The third kappa shape index (κ3) is 4.07. The van der Waals surface area contributed by atoms with E-state index in [1.807, 2.05) is 0 Å². The number of hydrogen-bond acceptors (Lipinski definition) is 3. The number of halogens is 3. The normalized spacial score (nSPS) is 11.4. The van der Waals surface area contributed by atoms with E-state index in [0.717, 1.165) is 4.47 Å². The van der Waals surface area contributed by atoms with Crippen LogP contribution in [0.15, 0.2) is 51.8 Å². The van der Waals surface area contributed by atoms with E-state index in [9.17, 15) is 13.2 Å². The summed E-state index contributed by atoms with van der Waals surface area (Å²) in [6.45, 7) is 0. The highest BCUT2D eigenvalue weighted by molar-refractivity contribution is 9.10. The van der Waals surface area contributed by atoms with Crippen LogP contribution in [0.4, 0.5) is 0 Å². The molecule has 0 spiro atoms. The van der Waals surface area contributed by atoms with Crippen LogP contribution in [0.2, 0.25) is 10.0 Å². The molecule has 0 aromatic heterocycles. The maximum Gasteiger partial charge on any atom is 0.185 e. The summed E-state index contributed by atoms with van der Waals surface area (Å²) < 4.78 is 25.2. The Kier molecular flexibility index (Phi) is 5.09. The Morgan fingerprint density at radius 1 is 1.00 bits per heavy atom. The molecule has 0 heterocycles. The number of ketones is 1. The second-order valence-electron chi connectivity index (χ2n) is 4.27. The van der Waals surface area contributed by atoms with Gasteiger partial charge in [0.2, 0.25) is 0 Å². The summed E-state index contributed by atoms with van der Waals surface area (Å²) >= 11 is 14.8. The molecule has 0 saturated heterocycles. The molecule has 0 aliphatic rings. The average molecular weight is 408 g/mol. The van der Waals surface area contributed by atoms with E-state index < -0.39 is 21.4 Å². The molecule has 0 bridgehead atoms. The zero-order chi connectivity index (χ0) is 15.6. The fraction of sp³-hybridized carbons (Fsp3) is 0.0714. The lowest BCUT2D eigenvalue weighted by molar-refractivity contribution is 0.102. The van der Waals surface area contributed by atoms with Gasteiger partial charge in [0.1, 0.15) is 5.75 Å². The molecule has 0 N–H and O–H groups in total. The van der Waals surface area contributed by atoms with Gasteiger partial charge >= 0.3 is 0 Å². The lowest BCUT2D eigenvalue weighted by Gasteiger charge is -2.05. The first-order valence-electron chi connectivity index (χ1n) is 5.76. The molecule has 0 fully saturated rings. The van der Waals surface area contributed by atoms with Crippen molar-refractivity contribution < 1.29 is 13.2 Å². The van der Waals surface area contributed by atoms with Gasteiger partial charge in [-0.15, -0.1) is 0 Å². The molecule has 0 unspecified atom stereocenters. The minimum absolute atomic E-state index is 0.0256. The summed E-state index contributed by atoms with van der Waals surface area (Å²) in [6, 6.07) is 10.5. The molecule has 0 aliphatic heterocycles. The fourth-order valence-corrected chi connectivity index (χ4v) is 3.52. The van der Waals surface area contributed by atoms with Crippen molar-refractivity contribution in [2.24, 2.45) is 0 Å². The van der Waals surface area contributed by atoms with Crippen LogP contribution in [0.3, 0.4) is 0 Å². The highest BCUT2D eigenvalue weighted by Crippen LogP contribution is 2.25. The molecule has 2 aromatic carbocycles. The summed E-state index contributed by atoms with van der Waals surface area (Å²) in [7, 11) is -3.76. The summed E-state index contributed by atoms with van der Waals surface area (Å²) in [5.41, 5.74) is 0.335. The van der Waals surface area contributed by atoms with E-state index in [4.69, 9.17) is 23.2 Å². The molecule has 0 atom stereocenters. The predicted molar refractivity (Wildman–Crippen MR) is 87.0 cm³/mol. The highest BCUT2D eigenvalue weighted by atomic mass is 79.9. The van der Waals surface area contributed by atoms with Gasteiger partial charge in [-0.3, -0.25) is 4.79 Å². The highest BCUT2D eigenvalue weighted by Gasteiger charge is 2.21. The quantitative estimate of drug-likeness (QED) is 0.705. The van der Waals surface area contributed by atoms with Crippen LogP contribution in [0.25, 0.3) is 0 Å². The lowest BCUT2D eigenvalue weighted by Crippen LogP contribution is -2.16. The van der Waals surface area contributed by atoms with E-state index in [1.54, 1.807) is 24.3 Å². The van der Waals surface area contributed by atoms with Crippen molar-refractivity contribution >= 4 is 54.8 Å². The zero-order valence-corrected chi connectivity index (χ0v) is 14.4. The van der Waals surface area contributed by atoms with E-state index in [0.29, 0.717) is 5.56 Å². The molecule has 110 valence electrons. The number of Topliss-reactive ketones (excluding diaryl/α,β-unsaturated/α-hetero) is 1. The van der Waals surface area contributed by atoms with Crippen LogP contribution in [-0.2, 0) is 9.84 Å². The van der Waals surface area contributed by atoms with Crippen LogP contribution >= 0.6 is 39.1 Å². The molecule has 3 nitrogen and oxygen atoms in total. The van der Waals surface area contributed by atoms with Crippen molar-refractivity contribution in [3.05, 3.63) is 62.5 Å². The molecule has 2 aromatic rings. The van der Waals surface area contributed by atoms with Crippen molar-refractivity contribution in [3.8, 4) is 0 Å². The van der Waals surface area contributed by atoms with Gasteiger partial charge in [-0.1, -0.05) is 51.3 Å². The Bertz CT molecular complexity index is 786. The molecular formula is C14H9BrCl2O3S. The topological polar surface area (TPSA) is 51.2 Å². The molecule has 7 heteroatoms. The van der Waals surface area contributed by atoms with Crippen molar-refractivity contribution in [2.75, 3.05) is 5.75 Å². The van der Waals surface area contributed by atoms with Gasteiger partial charge in [-0.2, -0.15) is 0 Å². The van der Waals surface area contributed by atoms with Crippen LogP contribution < -0.4 is 0 Å². The fourth-order valence-electron chi connectivity index (χ4n) is 1.65. The van der Waals surface area contributed by atoms with Crippen LogP contribution in [0.1, 0.15) is 10.4 Å². The van der Waals surface area contributed by atoms with Gasteiger partial charge in [0.25, 0.3) is 0 Å². The third-order valence-corrected chi connectivity index (χ3v) is 5.62. The van der Waals surface area contributed by atoms with Gasteiger partial charge < -0.3 is 0 Å². The molecular weight excluding hydrogens is 399 g/mol.